The third kappa shape index (κ3) is 5.00. The molecule has 5 atom stereocenters. The molecule has 0 spiro atoms. The second kappa shape index (κ2) is 9.29. The minimum absolute atomic E-state index is 0.0133. The fourth-order valence-electron chi connectivity index (χ4n) is 3.05. The van der Waals surface area contributed by atoms with Gasteiger partial charge in [0.25, 0.3) is 5.69 Å². The molecule has 0 saturated carbocycles. The maximum Gasteiger partial charge on any atom is 0.269 e. The van der Waals surface area contributed by atoms with Crippen molar-refractivity contribution in [2.24, 2.45) is 0 Å². The summed E-state index contributed by atoms with van der Waals surface area (Å²) in [5, 5.41) is 50.2. The Balaban J connectivity index is 1.82. The van der Waals surface area contributed by atoms with Crippen LogP contribution in [0, 0.1) is 10.1 Å². The number of nitro benzene ring substituents is 1. The van der Waals surface area contributed by atoms with Gasteiger partial charge in [-0.3, -0.25) is 10.1 Å². The second-order valence-corrected chi connectivity index (χ2v) is 8.45. The van der Waals surface area contributed by atoms with Crippen LogP contribution in [-0.4, -0.2) is 61.0 Å². The molecule has 0 aliphatic carbocycles. The summed E-state index contributed by atoms with van der Waals surface area (Å²) in [5.74, 6) is 0.407. The van der Waals surface area contributed by atoms with Crippen LogP contribution < -0.4 is 4.74 Å². The number of aliphatic hydroxyl groups is 4. The quantitative estimate of drug-likeness (QED) is 0.393. The molecule has 3 rings (SSSR count). The lowest BCUT2D eigenvalue weighted by Gasteiger charge is -2.39. The molecule has 0 amide bonds. The molecule has 1 aliphatic heterocycles. The number of ether oxygens (including phenoxy) is 1. The zero-order valence-electron chi connectivity index (χ0n) is 15.1. The average molecular weight is 442 g/mol. The van der Waals surface area contributed by atoms with Crippen LogP contribution in [0.15, 0.2) is 42.5 Å². The standard InChI is InChI=1S/C19H20ClNO7S/c20-12-3-6-14(28-19-18(25)17(24)16(23)15(9-22)29-19)11(8-12)7-10-1-4-13(5-2-10)21(26)27/h1-6,8,15-19,22-25H,7,9H2/t15-,16-,17+,18-,19-/m1/s1. The van der Waals surface area contributed by atoms with Crippen molar-refractivity contribution in [1.29, 1.82) is 0 Å². The van der Waals surface area contributed by atoms with E-state index < -0.39 is 33.9 Å². The number of hydrogen-bond acceptors (Lipinski definition) is 8. The lowest BCUT2D eigenvalue weighted by Crippen LogP contribution is -2.55. The molecule has 0 radical (unpaired) electrons. The van der Waals surface area contributed by atoms with E-state index in [-0.39, 0.29) is 12.3 Å². The smallest absolute Gasteiger partial charge is 0.269 e. The first-order chi connectivity index (χ1) is 13.8. The molecule has 0 bridgehead atoms. The summed E-state index contributed by atoms with van der Waals surface area (Å²) in [6.45, 7) is -0.383. The first kappa shape index (κ1) is 21.8. The normalized spacial score (nSPS) is 26.9. The van der Waals surface area contributed by atoms with Crippen LogP contribution in [0.1, 0.15) is 11.1 Å². The number of nitrogens with zero attached hydrogens (tertiary/aromatic N) is 1. The Morgan fingerprint density at radius 3 is 2.38 bits per heavy atom. The molecule has 2 aromatic rings. The molecule has 0 unspecified atom stereocenters. The Kier molecular flexibility index (Phi) is 6.99. The first-order valence-electron chi connectivity index (χ1n) is 8.79. The van der Waals surface area contributed by atoms with Gasteiger partial charge in [-0.05, 0) is 23.8 Å². The van der Waals surface area contributed by atoms with Crippen LogP contribution >= 0.6 is 23.4 Å². The van der Waals surface area contributed by atoms with Gasteiger partial charge < -0.3 is 25.2 Å². The predicted octanol–water partition coefficient (Wildman–Crippen LogP) is 1.73. The minimum Gasteiger partial charge on any atom is -0.477 e. The van der Waals surface area contributed by atoms with Gasteiger partial charge >= 0.3 is 0 Å². The summed E-state index contributed by atoms with van der Waals surface area (Å²) >= 11 is 7.13. The zero-order chi connectivity index (χ0) is 21.1. The molecule has 1 fully saturated rings. The van der Waals surface area contributed by atoms with Gasteiger partial charge in [-0.25, -0.2) is 0 Å². The third-order valence-electron chi connectivity index (χ3n) is 4.66. The van der Waals surface area contributed by atoms with E-state index in [1.807, 2.05) is 0 Å². The average Bonchev–Trinajstić information content (AvgIpc) is 2.70. The van der Waals surface area contributed by atoms with E-state index in [0.29, 0.717) is 22.8 Å². The number of aliphatic hydroxyl groups excluding tert-OH is 4. The SMILES string of the molecule is O=[N+]([O-])c1ccc(Cc2cc(Cl)ccc2O[C@@H]2S[C@H](CO)[C@@H](O)[C@H](O)[C@H]2O)cc1. The Labute approximate surface area is 175 Å². The molecule has 1 aliphatic rings. The van der Waals surface area contributed by atoms with E-state index in [1.54, 1.807) is 30.3 Å². The fraction of sp³-hybridized carbons (Fsp3) is 0.368. The summed E-state index contributed by atoms with van der Waals surface area (Å²) in [5.41, 5.74) is 0.548. The Hall–Kier alpha value is -1.88. The van der Waals surface area contributed by atoms with E-state index in [4.69, 9.17) is 16.3 Å². The molecule has 29 heavy (non-hydrogen) atoms. The highest BCUT2D eigenvalue weighted by Crippen LogP contribution is 2.36. The molecule has 4 N–H and O–H groups in total. The fourth-order valence-corrected chi connectivity index (χ4v) is 4.47. The lowest BCUT2D eigenvalue weighted by molar-refractivity contribution is -0.384. The van der Waals surface area contributed by atoms with E-state index >= 15 is 0 Å². The van der Waals surface area contributed by atoms with Crippen molar-refractivity contribution in [3.8, 4) is 5.75 Å². The van der Waals surface area contributed by atoms with Gasteiger partial charge in [0.15, 0.2) is 5.44 Å². The highest BCUT2D eigenvalue weighted by Gasteiger charge is 2.44. The van der Waals surface area contributed by atoms with Crippen molar-refractivity contribution < 1.29 is 30.1 Å². The van der Waals surface area contributed by atoms with Crippen molar-refractivity contribution in [3.05, 3.63) is 68.7 Å². The van der Waals surface area contributed by atoms with Crippen molar-refractivity contribution in [1.82, 2.24) is 0 Å². The monoisotopic (exact) mass is 441 g/mol. The van der Waals surface area contributed by atoms with E-state index in [9.17, 15) is 30.5 Å². The van der Waals surface area contributed by atoms with Crippen molar-refractivity contribution in [2.75, 3.05) is 6.61 Å². The molecule has 0 aromatic heterocycles. The third-order valence-corrected chi connectivity index (χ3v) is 6.31. The van der Waals surface area contributed by atoms with Gasteiger partial charge in [-0.2, -0.15) is 0 Å². The van der Waals surface area contributed by atoms with Gasteiger partial charge in [0.05, 0.1) is 22.9 Å². The summed E-state index contributed by atoms with van der Waals surface area (Å²) < 4.78 is 5.90. The van der Waals surface area contributed by atoms with E-state index in [0.717, 1.165) is 17.3 Å². The Morgan fingerprint density at radius 2 is 1.76 bits per heavy atom. The maximum atomic E-state index is 10.8. The minimum atomic E-state index is -1.45. The molecule has 1 heterocycles. The van der Waals surface area contributed by atoms with Crippen LogP contribution in [0.4, 0.5) is 5.69 Å². The summed E-state index contributed by atoms with van der Waals surface area (Å²) in [4.78, 5) is 10.3. The number of thioether (sulfide) groups is 1. The molecule has 8 nitrogen and oxygen atoms in total. The summed E-state index contributed by atoms with van der Waals surface area (Å²) in [6, 6.07) is 11.0. The van der Waals surface area contributed by atoms with Gasteiger partial charge in [0, 0.05) is 29.1 Å². The largest absolute Gasteiger partial charge is 0.477 e. The van der Waals surface area contributed by atoms with Crippen molar-refractivity contribution in [2.45, 2.75) is 35.4 Å². The van der Waals surface area contributed by atoms with Crippen molar-refractivity contribution >= 4 is 29.1 Å². The number of rotatable bonds is 6. The molecular weight excluding hydrogens is 422 g/mol. The van der Waals surface area contributed by atoms with E-state index in [1.165, 1.54) is 12.1 Å². The maximum absolute atomic E-state index is 10.8. The molecule has 10 heteroatoms. The van der Waals surface area contributed by atoms with E-state index in [2.05, 4.69) is 0 Å². The zero-order valence-corrected chi connectivity index (χ0v) is 16.7. The van der Waals surface area contributed by atoms with Gasteiger partial charge in [-0.1, -0.05) is 23.7 Å². The highest BCUT2D eigenvalue weighted by molar-refractivity contribution is 8.00. The van der Waals surface area contributed by atoms with Gasteiger partial charge in [-0.15, -0.1) is 11.8 Å². The van der Waals surface area contributed by atoms with Gasteiger partial charge in [0.1, 0.15) is 18.0 Å². The summed E-state index contributed by atoms with van der Waals surface area (Å²) in [7, 11) is 0. The van der Waals surface area contributed by atoms with Crippen molar-refractivity contribution in [3.63, 3.8) is 0 Å². The molecule has 156 valence electrons. The van der Waals surface area contributed by atoms with Gasteiger partial charge in [0.2, 0.25) is 0 Å². The van der Waals surface area contributed by atoms with Crippen LogP contribution in [0.5, 0.6) is 5.75 Å². The topological polar surface area (TPSA) is 133 Å². The Morgan fingerprint density at radius 1 is 1.07 bits per heavy atom. The number of benzene rings is 2. The highest BCUT2D eigenvalue weighted by atomic mass is 35.5. The predicted molar refractivity (Wildman–Crippen MR) is 108 cm³/mol. The number of halogens is 1. The first-order valence-corrected chi connectivity index (χ1v) is 10.1. The van der Waals surface area contributed by atoms with Crippen LogP contribution in [-0.2, 0) is 6.42 Å². The van der Waals surface area contributed by atoms with Crippen LogP contribution in [0.25, 0.3) is 0 Å². The number of non-ortho nitro benzene ring substituents is 1. The van der Waals surface area contributed by atoms with Crippen LogP contribution in [0.2, 0.25) is 5.02 Å². The number of nitro groups is 1. The van der Waals surface area contributed by atoms with Crippen LogP contribution in [0.3, 0.4) is 0 Å². The number of hydrogen-bond donors (Lipinski definition) is 4. The molecule has 2 aromatic carbocycles. The molecular formula is C19H20ClNO7S. The summed E-state index contributed by atoms with van der Waals surface area (Å²) in [6.07, 6.45) is -3.72. The molecule has 1 saturated heterocycles. The second-order valence-electron chi connectivity index (χ2n) is 6.67. The Bertz CT molecular complexity index is 864. The lowest BCUT2D eigenvalue weighted by atomic mass is 10.0.